The van der Waals surface area contributed by atoms with E-state index in [-0.39, 0.29) is 0 Å². The normalized spacial score (nSPS) is 20.1. The Bertz CT molecular complexity index is 488. The first-order chi connectivity index (χ1) is 9.77. The van der Waals surface area contributed by atoms with Gasteiger partial charge in [-0.25, -0.2) is 0 Å². The van der Waals surface area contributed by atoms with Crippen LogP contribution in [0.4, 0.5) is 18.9 Å². The number of hydrogen-bond acceptors (Lipinski definition) is 2. The molecule has 118 valence electrons. The zero-order valence-electron chi connectivity index (χ0n) is 12.2. The van der Waals surface area contributed by atoms with E-state index < -0.39 is 11.7 Å². The molecule has 1 unspecified atom stereocenters. The molecule has 1 aromatic carbocycles. The molecule has 0 radical (unpaired) electrons. The van der Waals surface area contributed by atoms with Crippen molar-refractivity contribution in [2.45, 2.75) is 32.5 Å². The van der Waals surface area contributed by atoms with Crippen molar-refractivity contribution in [1.82, 2.24) is 5.32 Å². The van der Waals surface area contributed by atoms with E-state index in [9.17, 15) is 13.2 Å². The Kier molecular flexibility index (Phi) is 5.20. The maximum Gasteiger partial charge on any atom is 0.416 e. The number of nitrogens with one attached hydrogen (secondary N) is 1. The molecule has 0 saturated carbocycles. The first-order valence-corrected chi connectivity index (χ1v) is 7.91. The van der Waals surface area contributed by atoms with E-state index in [1.54, 1.807) is 0 Å². The molecule has 0 aliphatic carbocycles. The lowest BCUT2D eigenvalue weighted by atomic mass is 10.0. The molecule has 1 atom stereocenters. The Morgan fingerprint density at radius 1 is 1.38 bits per heavy atom. The highest BCUT2D eigenvalue weighted by Gasteiger charge is 2.32. The van der Waals surface area contributed by atoms with Gasteiger partial charge in [0, 0.05) is 30.1 Å². The van der Waals surface area contributed by atoms with Crippen LogP contribution in [0.25, 0.3) is 0 Å². The van der Waals surface area contributed by atoms with Crippen molar-refractivity contribution >= 4 is 21.6 Å². The van der Waals surface area contributed by atoms with Gasteiger partial charge in [-0.15, -0.1) is 0 Å². The topological polar surface area (TPSA) is 15.3 Å². The van der Waals surface area contributed by atoms with Gasteiger partial charge < -0.3 is 10.2 Å². The van der Waals surface area contributed by atoms with Crippen molar-refractivity contribution < 1.29 is 13.2 Å². The second kappa shape index (κ2) is 6.57. The van der Waals surface area contributed by atoms with Crippen molar-refractivity contribution in [1.29, 1.82) is 0 Å². The average Bonchev–Trinajstić information content (AvgIpc) is 2.37. The zero-order chi connectivity index (χ0) is 15.6. The summed E-state index contributed by atoms with van der Waals surface area (Å²) in [5, 5.41) is 3.44. The second-order valence-corrected chi connectivity index (χ2v) is 6.74. The van der Waals surface area contributed by atoms with Crippen LogP contribution in [0.3, 0.4) is 0 Å². The molecule has 0 aromatic heterocycles. The van der Waals surface area contributed by atoms with Crippen LogP contribution in [-0.2, 0) is 6.18 Å². The van der Waals surface area contributed by atoms with E-state index in [2.05, 4.69) is 35.1 Å². The summed E-state index contributed by atoms with van der Waals surface area (Å²) in [5.41, 5.74) is 0.0275. The number of nitrogens with zero attached hydrogens (tertiary/aromatic N) is 1. The van der Waals surface area contributed by atoms with Crippen molar-refractivity contribution in [3.8, 4) is 0 Å². The van der Waals surface area contributed by atoms with E-state index in [0.29, 0.717) is 28.7 Å². The molecule has 0 bridgehead atoms. The van der Waals surface area contributed by atoms with Crippen LogP contribution in [0.2, 0.25) is 0 Å². The third-order valence-corrected chi connectivity index (χ3v) is 4.30. The van der Waals surface area contributed by atoms with E-state index in [1.807, 2.05) is 4.90 Å². The van der Waals surface area contributed by atoms with Gasteiger partial charge in [-0.1, -0.05) is 13.8 Å². The summed E-state index contributed by atoms with van der Waals surface area (Å²) in [4.78, 5) is 2.03. The maximum absolute atomic E-state index is 12.9. The van der Waals surface area contributed by atoms with Crippen LogP contribution < -0.4 is 10.2 Å². The first kappa shape index (κ1) is 16.6. The van der Waals surface area contributed by atoms with Crippen molar-refractivity contribution in [3.63, 3.8) is 0 Å². The summed E-state index contributed by atoms with van der Waals surface area (Å²) in [7, 11) is 0. The number of alkyl halides is 3. The largest absolute Gasteiger partial charge is 0.416 e. The van der Waals surface area contributed by atoms with Gasteiger partial charge in [-0.05, 0) is 46.5 Å². The quantitative estimate of drug-likeness (QED) is 0.860. The summed E-state index contributed by atoms with van der Waals surface area (Å²) in [6.45, 7) is 6.55. The van der Waals surface area contributed by atoms with Crippen molar-refractivity contribution in [2.24, 2.45) is 5.92 Å². The van der Waals surface area contributed by atoms with Crippen LogP contribution in [0.5, 0.6) is 0 Å². The number of hydrogen-bond donors (Lipinski definition) is 1. The second-order valence-electron chi connectivity index (χ2n) is 5.89. The Morgan fingerprint density at radius 2 is 2.10 bits per heavy atom. The highest BCUT2D eigenvalue weighted by atomic mass is 79.9. The molecule has 21 heavy (non-hydrogen) atoms. The van der Waals surface area contributed by atoms with Gasteiger partial charge in [-0.3, -0.25) is 0 Å². The molecule has 1 fully saturated rings. The average molecular weight is 365 g/mol. The predicted octanol–water partition coefficient (Wildman–Crippen LogP) is 4.29. The van der Waals surface area contributed by atoms with Crippen LogP contribution in [-0.4, -0.2) is 25.7 Å². The summed E-state index contributed by atoms with van der Waals surface area (Å²) >= 11 is 3.37. The standard InChI is InChI=1S/C15H20BrF3N2/c1-10(2)7-12-9-21(6-5-20-12)14-8-11(15(17,18)19)3-4-13(14)16/h3-4,8,10,12,20H,5-7,9H2,1-2H3. The summed E-state index contributed by atoms with van der Waals surface area (Å²) in [6, 6.07) is 4.15. The highest BCUT2D eigenvalue weighted by molar-refractivity contribution is 9.10. The molecule has 1 aromatic rings. The number of anilines is 1. The number of rotatable bonds is 3. The minimum Gasteiger partial charge on any atom is -0.368 e. The minimum absolute atomic E-state index is 0.320. The van der Waals surface area contributed by atoms with Crippen molar-refractivity contribution in [3.05, 3.63) is 28.2 Å². The number of benzene rings is 1. The molecular weight excluding hydrogens is 345 g/mol. The lowest BCUT2D eigenvalue weighted by Gasteiger charge is -2.36. The highest BCUT2D eigenvalue weighted by Crippen LogP contribution is 2.36. The Labute approximate surface area is 131 Å². The van der Waals surface area contributed by atoms with E-state index in [1.165, 1.54) is 12.1 Å². The summed E-state index contributed by atoms with van der Waals surface area (Å²) in [5.74, 6) is 0.562. The molecule has 1 aliphatic heterocycles. The zero-order valence-corrected chi connectivity index (χ0v) is 13.8. The molecule has 1 saturated heterocycles. The number of halogens is 4. The molecule has 6 heteroatoms. The predicted molar refractivity (Wildman–Crippen MR) is 82.6 cm³/mol. The first-order valence-electron chi connectivity index (χ1n) is 7.12. The monoisotopic (exact) mass is 364 g/mol. The fourth-order valence-electron chi connectivity index (χ4n) is 2.70. The number of piperazine rings is 1. The molecule has 2 rings (SSSR count). The smallest absolute Gasteiger partial charge is 0.368 e. The molecule has 0 amide bonds. The van der Waals surface area contributed by atoms with Gasteiger partial charge in [0.05, 0.1) is 11.3 Å². The Hall–Kier alpha value is -0.750. The molecule has 0 spiro atoms. The Balaban J connectivity index is 2.20. The van der Waals surface area contributed by atoms with Crippen molar-refractivity contribution in [2.75, 3.05) is 24.5 Å². The van der Waals surface area contributed by atoms with Gasteiger partial charge in [0.15, 0.2) is 0 Å². The van der Waals surface area contributed by atoms with E-state index in [4.69, 9.17) is 0 Å². The maximum atomic E-state index is 12.9. The van der Waals surface area contributed by atoms with Gasteiger partial charge in [0.25, 0.3) is 0 Å². The molecule has 1 heterocycles. The van der Waals surface area contributed by atoms with Crippen LogP contribution in [0.15, 0.2) is 22.7 Å². The van der Waals surface area contributed by atoms with E-state index in [0.717, 1.165) is 25.6 Å². The third kappa shape index (κ3) is 4.36. The summed E-state index contributed by atoms with van der Waals surface area (Å²) < 4.78 is 39.3. The molecule has 1 aliphatic rings. The molecule has 1 N–H and O–H groups in total. The molecule has 2 nitrogen and oxygen atoms in total. The minimum atomic E-state index is -4.30. The SMILES string of the molecule is CC(C)CC1CN(c2cc(C(F)(F)F)ccc2Br)CCN1. The lowest BCUT2D eigenvalue weighted by molar-refractivity contribution is -0.137. The van der Waals surface area contributed by atoms with Gasteiger partial charge >= 0.3 is 6.18 Å². The third-order valence-electron chi connectivity index (χ3n) is 3.63. The molecular formula is C15H20BrF3N2. The van der Waals surface area contributed by atoms with Gasteiger partial charge in [0.1, 0.15) is 0 Å². The Morgan fingerprint density at radius 3 is 2.71 bits per heavy atom. The van der Waals surface area contributed by atoms with Gasteiger partial charge in [-0.2, -0.15) is 13.2 Å². The van der Waals surface area contributed by atoms with E-state index >= 15 is 0 Å². The van der Waals surface area contributed by atoms with Crippen LogP contribution in [0.1, 0.15) is 25.8 Å². The van der Waals surface area contributed by atoms with Crippen LogP contribution in [0, 0.1) is 5.92 Å². The summed E-state index contributed by atoms with van der Waals surface area (Å²) in [6.07, 6.45) is -3.28. The van der Waals surface area contributed by atoms with Crippen LogP contribution >= 0.6 is 15.9 Å². The fraction of sp³-hybridized carbons (Fsp3) is 0.600. The fourth-order valence-corrected chi connectivity index (χ4v) is 3.20. The van der Waals surface area contributed by atoms with Gasteiger partial charge in [0.2, 0.25) is 0 Å². The lowest BCUT2D eigenvalue weighted by Crippen LogP contribution is -2.51.